The van der Waals surface area contributed by atoms with E-state index >= 15 is 0 Å². The van der Waals surface area contributed by atoms with Crippen molar-refractivity contribution in [2.24, 2.45) is 0 Å². The Labute approximate surface area is 203 Å². The van der Waals surface area contributed by atoms with E-state index < -0.39 is 0 Å². The largest absolute Gasteiger partial charge is 0.486 e. The number of carbonyl (C=O) groups is 2. The minimum absolute atomic E-state index is 0.0318. The molecule has 3 aromatic rings. The standard InChI is InChI=1S/C25H29N3O5S/c1-4-27(15-17-7-10-21-22(13-17)33-12-11-32-21)23(29)16-34-25-26-19-14-18(24(30)31-6-3)8-9-20(19)28(25)5-2/h7-10,13-14H,4-6,11-12,15-16H2,1-3H3. The van der Waals surface area contributed by atoms with E-state index in [-0.39, 0.29) is 17.6 Å². The number of aryl methyl sites for hydroxylation is 1. The zero-order chi connectivity index (χ0) is 24.1. The van der Waals surface area contributed by atoms with Crippen molar-refractivity contribution in [3.05, 3.63) is 47.5 Å². The zero-order valence-electron chi connectivity index (χ0n) is 19.7. The van der Waals surface area contributed by atoms with Gasteiger partial charge in [0.2, 0.25) is 5.91 Å². The van der Waals surface area contributed by atoms with Gasteiger partial charge in [0.25, 0.3) is 0 Å². The van der Waals surface area contributed by atoms with Crippen molar-refractivity contribution < 1.29 is 23.8 Å². The third-order valence-corrected chi connectivity index (χ3v) is 6.54. The first-order valence-electron chi connectivity index (χ1n) is 11.5. The van der Waals surface area contributed by atoms with Gasteiger partial charge in [-0.2, -0.15) is 0 Å². The smallest absolute Gasteiger partial charge is 0.338 e. The summed E-state index contributed by atoms with van der Waals surface area (Å²) in [5.41, 5.74) is 3.11. The molecule has 1 aliphatic heterocycles. The van der Waals surface area contributed by atoms with Crippen molar-refractivity contribution in [2.75, 3.05) is 32.1 Å². The van der Waals surface area contributed by atoms with Gasteiger partial charge in [0.05, 0.1) is 29.0 Å². The van der Waals surface area contributed by atoms with E-state index in [9.17, 15) is 9.59 Å². The first kappa shape index (κ1) is 23.9. The van der Waals surface area contributed by atoms with Gasteiger partial charge in [-0.05, 0) is 56.7 Å². The monoisotopic (exact) mass is 483 g/mol. The number of ether oxygens (including phenoxy) is 3. The van der Waals surface area contributed by atoms with E-state index in [1.165, 1.54) is 11.8 Å². The van der Waals surface area contributed by atoms with Crippen LogP contribution in [0.15, 0.2) is 41.6 Å². The average Bonchev–Trinajstić information content (AvgIpc) is 3.22. The third kappa shape index (κ3) is 5.14. The Morgan fingerprint density at radius 3 is 2.62 bits per heavy atom. The maximum absolute atomic E-state index is 13.0. The summed E-state index contributed by atoms with van der Waals surface area (Å²) in [6.07, 6.45) is 0. The number of imidazole rings is 1. The lowest BCUT2D eigenvalue weighted by molar-refractivity contribution is -0.128. The topological polar surface area (TPSA) is 82.9 Å². The van der Waals surface area contributed by atoms with Crippen LogP contribution in [0.2, 0.25) is 0 Å². The SMILES string of the molecule is CCOC(=O)c1ccc2c(c1)nc(SCC(=O)N(CC)Cc1ccc3c(c1)OCCO3)n2CC. The predicted molar refractivity (Wildman–Crippen MR) is 131 cm³/mol. The summed E-state index contributed by atoms with van der Waals surface area (Å²) in [4.78, 5) is 31.6. The first-order valence-corrected chi connectivity index (χ1v) is 12.5. The molecule has 0 atom stereocenters. The molecule has 1 aromatic heterocycles. The van der Waals surface area contributed by atoms with Crippen molar-refractivity contribution in [1.82, 2.24) is 14.5 Å². The number of aromatic nitrogens is 2. The van der Waals surface area contributed by atoms with E-state index in [0.29, 0.717) is 50.5 Å². The Morgan fingerprint density at radius 2 is 1.88 bits per heavy atom. The predicted octanol–water partition coefficient (Wildman–Crippen LogP) is 4.14. The summed E-state index contributed by atoms with van der Waals surface area (Å²) in [7, 11) is 0. The van der Waals surface area contributed by atoms with E-state index in [0.717, 1.165) is 27.7 Å². The Hall–Kier alpha value is -3.20. The summed E-state index contributed by atoms with van der Waals surface area (Å²) >= 11 is 1.41. The highest BCUT2D eigenvalue weighted by Crippen LogP contribution is 2.31. The third-order valence-electron chi connectivity index (χ3n) is 5.58. The maximum Gasteiger partial charge on any atom is 0.338 e. The molecule has 0 aliphatic carbocycles. The van der Waals surface area contributed by atoms with Crippen molar-refractivity contribution in [3.63, 3.8) is 0 Å². The Morgan fingerprint density at radius 1 is 1.09 bits per heavy atom. The molecule has 0 unspecified atom stereocenters. The molecule has 0 saturated heterocycles. The lowest BCUT2D eigenvalue weighted by Gasteiger charge is -2.23. The van der Waals surface area contributed by atoms with Crippen molar-refractivity contribution in [1.29, 1.82) is 0 Å². The molecule has 2 heterocycles. The van der Waals surface area contributed by atoms with Gasteiger partial charge in [-0.15, -0.1) is 0 Å². The molecule has 0 fully saturated rings. The van der Waals surface area contributed by atoms with Crippen LogP contribution in [0.5, 0.6) is 11.5 Å². The van der Waals surface area contributed by atoms with Crippen LogP contribution in [0.25, 0.3) is 11.0 Å². The molecule has 1 aliphatic rings. The van der Waals surface area contributed by atoms with Crippen LogP contribution in [0, 0.1) is 0 Å². The van der Waals surface area contributed by atoms with Crippen LogP contribution in [-0.4, -0.2) is 58.4 Å². The second-order valence-corrected chi connectivity index (χ2v) is 8.68. The molecule has 0 radical (unpaired) electrons. The van der Waals surface area contributed by atoms with Crippen molar-refractivity contribution >= 4 is 34.7 Å². The number of nitrogens with zero attached hydrogens (tertiary/aromatic N) is 3. The molecule has 0 N–H and O–H groups in total. The van der Waals surface area contributed by atoms with Gasteiger partial charge in [-0.1, -0.05) is 17.8 Å². The highest BCUT2D eigenvalue weighted by Gasteiger charge is 2.19. The second-order valence-electron chi connectivity index (χ2n) is 7.74. The number of esters is 1. The quantitative estimate of drug-likeness (QED) is 0.334. The van der Waals surface area contributed by atoms with Crippen LogP contribution in [0.3, 0.4) is 0 Å². The van der Waals surface area contributed by atoms with Gasteiger partial charge in [0, 0.05) is 19.6 Å². The summed E-state index contributed by atoms with van der Waals surface area (Å²) in [6, 6.07) is 11.2. The summed E-state index contributed by atoms with van der Waals surface area (Å²) in [5, 5.41) is 0.752. The van der Waals surface area contributed by atoms with Gasteiger partial charge in [0.15, 0.2) is 16.7 Å². The summed E-state index contributed by atoms with van der Waals surface area (Å²) < 4.78 is 18.4. The molecule has 4 rings (SSSR count). The highest BCUT2D eigenvalue weighted by atomic mass is 32.2. The van der Waals surface area contributed by atoms with E-state index in [4.69, 9.17) is 19.2 Å². The molecule has 2 aromatic carbocycles. The van der Waals surface area contributed by atoms with Gasteiger partial charge in [-0.25, -0.2) is 9.78 Å². The van der Waals surface area contributed by atoms with E-state index in [1.54, 1.807) is 19.1 Å². The molecule has 180 valence electrons. The fourth-order valence-corrected chi connectivity index (χ4v) is 4.85. The summed E-state index contributed by atoms with van der Waals surface area (Å²) in [5.74, 6) is 1.40. The molecule has 34 heavy (non-hydrogen) atoms. The number of hydrogen-bond acceptors (Lipinski definition) is 7. The normalized spacial score (nSPS) is 12.6. The van der Waals surface area contributed by atoms with Gasteiger partial charge < -0.3 is 23.7 Å². The van der Waals surface area contributed by atoms with Crippen LogP contribution < -0.4 is 9.47 Å². The molecule has 0 spiro atoms. The minimum atomic E-state index is -0.363. The number of thioether (sulfide) groups is 1. The van der Waals surface area contributed by atoms with Gasteiger partial charge in [0.1, 0.15) is 13.2 Å². The lowest BCUT2D eigenvalue weighted by atomic mass is 10.2. The molecule has 9 heteroatoms. The summed E-state index contributed by atoms with van der Waals surface area (Å²) in [6.45, 7) is 9.00. The Balaban J connectivity index is 1.45. The van der Waals surface area contributed by atoms with Crippen LogP contribution in [0.4, 0.5) is 0 Å². The highest BCUT2D eigenvalue weighted by molar-refractivity contribution is 7.99. The zero-order valence-corrected chi connectivity index (χ0v) is 20.5. The Bertz CT molecular complexity index is 1190. The fraction of sp³-hybridized carbons (Fsp3) is 0.400. The van der Waals surface area contributed by atoms with Crippen molar-refractivity contribution in [3.8, 4) is 11.5 Å². The molecular weight excluding hydrogens is 454 g/mol. The molecule has 0 saturated carbocycles. The molecule has 8 nitrogen and oxygen atoms in total. The van der Waals surface area contributed by atoms with E-state index in [2.05, 4.69) is 4.57 Å². The Kier molecular flexibility index (Phi) is 7.62. The van der Waals surface area contributed by atoms with Crippen LogP contribution in [0.1, 0.15) is 36.7 Å². The van der Waals surface area contributed by atoms with Gasteiger partial charge in [-0.3, -0.25) is 4.79 Å². The second kappa shape index (κ2) is 10.8. The number of carbonyl (C=O) groups excluding carboxylic acids is 2. The number of amides is 1. The first-order chi connectivity index (χ1) is 16.5. The fourth-order valence-electron chi connectivity index (χ4n) is 3.87. The molecule has 0 bridgehead atoms. The molecular formula is C25H29N3O5S. The number of benzene rings is 2. The number of hydrogen-bond donors (Lipinski definition) is 0. The van der Waals surface area contributed by atoms with Gasteiger partial charge >= 0.3 is 5.97 Å². The van der Waals surface area contributed by atoms with Crippen LogP contribution >= 0.6 is 11.8 Å². The molecule has 1 amide bonds. The average molecular weight is 484 g/mol. The lowest BCUT2D eigenvalue weighted by Crippen LogP contribution is -2.31. The minimum Gasteiger partial charge on any atom is -0.486 e. The number of fused-ring (bicyclic) bond motifs is 2. The van der Waals surface area contributed by atoms with Crippen LogP contribution in [-0.2, 0) is 22.6 Å². The maximum atomic E-state index is 13.0. The van der Waals surface area contributed by atoms with E-state index in [1.807, 2.05) is 43.0 Å². The number of rotatable bonds is 9. The van der Waals surface area contributed by atoms with Crippen molar-refractivity contribution in [2.45, 2.75) is 39.0 Å².